The Morgan fingerprint density at radius 1 is 1.05 bits per heavy atom. The van der Waals surface area contributed by atoms with Crippen molar-refractivity contribution in [1.29, 1.82) is 5.26 Å². The third-order valence-corrected chi connectivity index (χ3v) is 12.7. The van der Waals surface area contributed by atoms with Crippen molar-refractivity contribution in [3.8, 4) is 17.2 Å². The van der Waals surface area contributed by atoms with Gasteiger partial charge in [0.05, 0.1) is 34.0 Å². The molecule has 0 bridgehead atoms. The van der Waals surface area contributed by atoms with E-state index in [4.69, 9.17) is 4.52 Å². The number of anilines is 3. The number of carbonyl (C=O) groups is 4. The molecule has 4 aromatic rings. The number of fused-ring (bicyclic) bond motifs is 1. The van der Waals surface area contributed by atoms with Gasteiger partial charge in [-0.05, 0) is 99.9 Å². The fourth-order valence-electron chi connectivity index (χ4n) is 9.16. The molecule has 0 radical (unpaired) electrons. The van der Waals surface area contributed by atoms with E-state index < -0.39 is 29.6 Å². The number of rotatable bonds is 13. The lowest BCUT2D eigenvalue weighted by Gasteiger charge is -2.49. The van der Waals surface area contributed by atoms with Crippen LogP contribution < -0.4 is 15.1 Å². The maximum Gasteiger partial charge on any atom is 0.262 e. The van der Waals surface area contributed by atoms with Gasteiger partial charge in [-0.25, -0.2) is 4.39 Å². The summed E-state index contributed by atoms with van der Waals surface area (Å²) in [5.74, 6) is -1.36. The van der Waals surface area contributed by atoms with Gasteiger partial charge < -0.3 is 24.4 Å². The van der Waals surface area contributed by atoms with Crippen LogP contribution in [0.15, 0.2) is 59.1 Å². The van der Waals surface area contributed by atoms with Crippen LogP contribution in [0.25, 0.3) is 11.1 Å². The van der Waals surface area contributed by atoms with Crippen molar-refractivity contribution in [2.75, 3.05) is 49.6 Å². The molecule has 3 aromatic carbocycles. The van der Waals surface area contributed by atoms with Crippen LogP contribution in [0.1, 0.15) is 81.8 Å². The number of amides is 3. The molecule has 58 heavy (non-hydrogen) atoms. The predicted molar refractivity (Wildman–Crippen MR) is 216 cm³/mol. The Kier molecular flexibility index (Phi) is 10.4. The van der Waals surface area contributed by atoms with Crippen LogP contribution in [0.3, 0.4) is 0 Å². The van der Waals surface area contributed by atoms with E-state index in [9.17, 15) is 24.4 Å². The summed E-state index contributed by atoms with van der Waals surface area (Å²) in [4.78, 5) is 58.2. The molecular formula is C45H48FN7O5. The van der Waals surface area contributed by atoms with Gasteiger partial charge in [-0.15, -0.1) is 0 Å². The number of nitrogens with zero attached hydrogens (tertiary/aromatic N) is 6. The number of likely N-dealkylation sites (tertiary alicyclic amines) is 1. The Morgan fingerprint density at radius 2 is 1.74 bits per heavy atom. The van der Waals surface area contributed by atoms with E-state index in [1.807, 2.05) is 18.7 Å². The summed E-state index contributed by atoms with van der Waals surface area (Å²) in [5.41, 5.74) is 7.23. The molecule has 1 saturated carbocycles. The molecule has 13 heteroatoms. The second kappa shape index (κ2) is 15.5. The fourth-order valence-corrected chi connectivity index (χ4v) is 9.16. The van der Waals surface area contributed by atoms with E-state index in [0.29, 0.717) is 31.3 Å². The molecule has 1 atom stereocenters. The molecule has 0 spiro atoms. The second-order valence-electron chi connectivity index (χ2n) is 16.3. The average Bonchev–Trinajstić information content (AvgIpc) is 3.90. The number of benzene rings is 3. The number of aldehydes is 1. The molecule has 300 valence electrons. The van der Waals surface area contributed by atoms with Gasteiger partial charge in [0, 0.05) is 75.1 Å². The van der Waals surface area contributed by atoms with Crippen molar-refractivity contribution in [3.05, 3.63) is 94.1 Å². The van der Waals surface area contributed by atoms with Crippen molar-refractivity contribution < 1.29 is 28.1 Å². The standard InChI is InChI=1S/C45H48FN7O5/c1-27-7-8-31(41-28(2)49-58-29(41)3)20-39(27)52(34-11-9-32(10-12-34)45(26-47)15-16-45)25-30-23-51(24-30)33-13-17-50(18-14-33)40-22-36-35(21-37(40)46)43(56)53(44(36)57)38(6-5-19-54)42(55)48-4/h7-12,19-22,30,33,38H,5-6,13-18,23-25H2,1-4H3,(H,48,55). The Labute approximate surface area is 337 Å². The van der Waals surface area contributed by atoms with Crippen molar-refractivity contribution in [3.63, 3.8) is 0 Å². The predicted octanol–water partition coefficient (Wildman–Crippen LogP) is 6.39. The molecular weight excluding hydrogens is 738 g/mol. The Morgan fingerprint density at radius 3 is 2.34 bits per heavy atom. The molecule has 1 N–H and O–H groups in total. The van der Waals surface area contributed by atoms with Gasteiger partial charge in [0.25, 0.3) is 11.8 Å². The molecule has 1 unspecified atom stereocenters. The van der Waals surface area contributed by atoms with Gasteiger partial charge in [0.1, 0.15) is 23.9 Å². The molecule has 4 aliphatic rings. The van der Waals surface area contributed by atoms with E-state index in [1.165, 1.54) is 13.1 Å². The SMILES string of the molecule is CNC(=O)C(CCC=O)N1C(=O)c2cc(F)c(N3CCC(N4CC(CN(c5ccc(C6(C#N)CC6)cc5)c5cc(-c6c(C)noc6C)ccc5C)C4)CC3)cc2C1=O. The second-order valence-corrected chi connectivity index (χ2v) is 16.3. The number of aromatic nitrogens is 1. The highest BCUT2D eigenvalue weighted by Crippen LogP contribution is 2.48. The van der Waals surface area contributed by atoms with Crippen LogP contribution in [0.4, 0.5) is 21.5 Å². The van der Waals surface area contributed by atoms with Crippen LogP contribution >= 0.6 is 0 Å². The minimum Gasteiger partial charge on any atom is -0.369 e. The topological polar surface area (TPSA) is 143 Å². The largest absolute Gasteiger partial charge is 0.369 e. The van der Waals surface area contributed by atoms with Gasteiger partial charge in [-0.1, -0.05) is 29.4 Å². The summed E-state index contributed by atoms with van der Waals surface area (Å²) in [7, 11) is 1.40. The smallest absolute Gasteiger partial charge is 0.262 e. The fraction of sp³-hybridized carbons (Fsp3) is 0.422. The third-order valence-electron chi connectivity index (χ3n) is 12.7. The summed E-state index contributed by atoms with van der Waals surface area (Å²) < 4.78 is 21.2. The first-order valence-corrected chi connectivity index (χ1v) is 20.2. The lowest BCUT2D eigenvalue weighted by Crippen LogP contribution is -2.57. The maximum absolute atomic E-state index is 15.7. The number of piperidine rings is 1. The lowest BCUT2D eigenvalue weighted by atomic mass is 9.91. The van der Waals surface area contributed by atoms with Crippen LogP contribution in [0.5, 0.6) is 0 Å². The number of halogens is 1. The van der Waals surface area contributed by atoms with Crippen LogP contribution in [0, 0.1) is 43.8 Å². The quantitative estimate of drug-likeness (QED) is 0.120. The van der Waals surface area contributed by atoms with Gasteiger partial charge in [0.2, 0.25) is 5.91 Å². The van der Waals surface area contributed by atoms with Crippen molar-refractivity contribution in [2.24, 2.45) is 5.92 Å². The number of aryl methyl sites for hydroxylation is 3. The van der Waals surface area contributed by atoms with Crippen LogP contribution in [-0.4, -0.2) is 90.8 Å². The summed E-state index contributed by atoms with van der Waals surface area (Å²) in [5, 5.41) is 16.5. The number of likely N-dealkylation sites (N-methyl/N-ethyl adjacent to an activating group) is 1. The number of carbonyl (C=O) groups excluding carboxylic acids is 4. The summed E-state index contributed by atoms with van der Waals surface area (Å²) in [6.45, 7) is 9.87. The third kappa shape index (κ3) is 6.93. The average molecular weight is 786 g/mol. The summed E-state index contributed by atoms with van der Waals surface area (Å²) in [6, 6.07) is 19.2. The van der Waals surface area contributed by atoms with E-state index in [2.05, 4.69) is 75.7 Å². The minimum absolute atomic E-state index is 0.00746. The van der Waals surface area contributed by atoms with Crippen LogP contribution in [0.2, 0.25) is 0 Å². The van der Waals surface area contributed by atoms with E-state index in [1.54, 1.807) is 0 Å². The first kappa shape index (κ1) is 39.0. The molecule has 12 nitrogen and oxygen atoms in total. The highest BCUT2D eigenvalue weighted by Gasteiger charge is 2.45. The minimum atomic E-state index is -1.16. The van der Waals surface area contributed by atoms with Crippen LogP contribution in [-0.2, 0) is 15.0 Å². The maximum atomic E-state index is 15.7. The first-order valence-electron chi connectivity index (χ1n) is 20.2. The number of nitrogens with one attached hydrogen (secondary N) is 1. The molecule has 1 aliphatic carbocycles. The molecule has 8 rings (SSSR count). The molecule has 3 aliphatic heterocycles. The Bertz CT molecular complexity index is 2300. The zero-order chi connectivity index (χ0) is 40.9. The lowest BCUT2D eigenvalue weighted by molar-refractivity contribution is -0.124. The summed E-state index contributed by atoms with van der Waals surface area (Å²) >= 11 is 0. The zero-order valence-corrected chi connectivity index (χ0v) is 33.4. The molecule has 2 saturated heterocycles. The molecule has 3 fully saturated rings. The van der Waals surface area contributed by atoms with Gasteiger partial charge >= 0.3 is 0 Å². The number of imide groups is 1. The van der Waals surface area contributed by atoms with Crippen molar-refractivity contribution >= 4 is 41.1 Å². The molecule has 3 amide bonds. The first-order chi connectivity index (χ1) is 28.0. The number of hydrogen-bond donors (Lipinski definition) is 1. The monoisotopic (exact) mass is 785 g/mol. The Balaban J connectivity index is 0.949. The zero-order valence-electron chi connectivity index (χ0n) is 33.4. The summed E-state index contributed by atoms with van der Waals surface area (Å²) in [6.07, 6.45) is 4.04. The van der Waals surface area contributed by atoms with E-state index >= 15 is 4.39 Å². The van der Waals surface area contributed by atoms with Crippen molar-refractivity contribution in [2.45, 2.75) is 76.8 Å². The molecule has 4 heterocycles. The highest BCUT2D eigenvalue weighted by molar-refractivity contribution is 6.23. The molecule has 1 aromatic heterocycles. The highest BCUT2D eigenvalue weighted by atomic mass is 19.1. The Hall–Kier alpha value is -5.87. The van der Waals surface area contributed by atoms with E-state index in [0.717, 1.165) is 101 Å². The van der Waals surface area contributed by atoms with Gasteiger partial charge in [0.15, 0.2) is 0 Å². The van der Waals surface area contributed by atoms with Crippen molar-refractivity contribution in [1.82, 2.24) is 20.3 Å². The van der Waals surface area contributed by atoms with Gasteiger partial charge in [-0.2, -0.15) is 5.26 Å². The van der Waals surface area contributed by atoms with E-state index in [-0.39, 0.29) is 35.1 Å². The van der Waals surface area contributed by atoms with Gasteiger partial charge in [-0.3, -0.25) is 24.2 Å². The normalized spacial score (nSPS) is 18.4. The number of hydrogen-bond acceptors (Lipinski definition) is 10. The number of nitriles is 1.